The number of aryl methyl sites for hydroxylation is 1. The van der Waals surface area contributed by atoms with Gasteiger partial charge in [0.1, 0.15) is 5.70 Å². The summed E-state index contributed by atoms with van der Waals surface area (Å²) in [6.07, 6.45) is 0. The molecule has 0 aliphatic rings. The van der Waals surface area contributed by atoms with Crippen LogP contribution in [0.15, 0.2) is 23.2 Å². The van der Waals surface area contributed by atoms with Gasteiger partial charge in [-0.2, -0.15) is 0 Å². The van der Waals surface area contributed by atoms with Crippen LogP contribution in [0.25, 0.3) is 15.9 Å². The molecule has 0 aliphatic heterocycles. The van der Waals surface area contributed by atoms with Crippen LogP contribution in [0.4, 0.5) is 0 Å². The fourth-order valence-electron chi connectivity index (χ4n) is 1.56. The van der Waals surface area contributed by atoms with Crippen molar-refractivity contribution in [3.05, 3.63) is 28.9 Å². The molecule has 0 aromatic carbocycles. The summed E-state index contributed by atoms with van der Waals surface area (Å²) in [6, 6.07) is 3.79. The van der Waals surface area contributed by atoms with Gasteiger partial charge in [-0.15, -0.1) is 11.3 Å². The number of carboxylic acid groups (broad SMARTS) is 1. The first-order chi connectivity index (χ1) is 7.52. The average molecular weight is 237 g/mol. The first-order valence-electron chi connectivity index (χ1n) is 4.54. The third-order valence-corrected chi connectivity index (χ3v) is 3.31. The van der Waals surface area contributed by atoms with Crippen LogP contribution < -0.4 is 11.5 Å². The number of hydrogen-bond acceptors (Lipinski definition) is 4. The average Bonchev–Trinajstić information content (AvgIpc) is 2.79. The molecule has 0 aliphatic carbocycles. The number of aromatic nitrogens is 1. The van der Waals surface area contributed by atoms with Crippen molar-refractivity contribution in [2.24, 2.45) is 18.5 Å². The standard InChI is InChI=1S/C10H11N3O2S/c1-13-5-2-3-16-7(5)4-6(13)8(11)9(12)10(14)15/h2-4H,11-12H2,1H3,(H,14,15). The normalized spacial score (nSPS) is 12.8. The molecule has 2 heterocycles. The molecule has 5 nitrogen and oxygen atoms in total. The maximum absolute atomic E-state index is 10.7. The van der Waals surface area contributed by atoms with Crippen LogP contribution in [0, 0.1) is 0 Å². The summed E-state index contributed by atoms with van der Waals surface area (Å²) < 4.78 is 2.88. The minimum absolute atomic E-state index is 0.0957. The number of nitrogens with two attached hydrogens (primary N) is 2. The number of thiophene rings is 1. The summed E-state index contributed by atoms with van der Waals surface area (Å²) in [5, 5.41) is 10.7. The van der Waals surface area contributed by atoms with Gasteiger partial charge in [-0.25, -0.2) is 4.79 Å². The van der Waals surface area contributed by atoms with Crippen LogP contribution in [-0.2, 0) is 11.8 Å². The molecule has 2 aromatic heterocycles. The molecule has 0 saturated heterocycles. The summed E-state index contributed by atoms with van der Waals surface area (Å²) in [7, 11) is 1.83. The lowest BCUT2D eigenvalue weighted by Gasteiger charge is -2.05. The summed E-state index contributed by atoms with van der Waals surface area (Å²) in [4.78, 5) is 10.7. The Bertz CT molecular complexity index is 594. The monoisotopic (exact) mass is 237 g/mol. The van der Waals surface area contributed by atoms with E-state index in [1.807, 2.05) is 29.1 Å². The highest BCUT2D eigenvalue weighted by molar-refractivity contribution is 7.17. The number of carboxylic acids is 1. The highest BCUT2D eigenvalue weighted by Gasteiger charge is 2.14. The third kappa shape index (κ3) is 1.43. The van der Waals surface area contributed by atoms with E-state index in [4.69, 9.17) is 16.6 Å². The summed E-state index contributed by atoms with van der Waals surface area (Å²) in [5.41, 5.74) is 12.5. The van der Waals surface area contributed by atoms with Crippen molar-refractivity contribution in [3.63, 3.8) is 0 Å². The van der Waals surface area contributed by atoms with Gasteiger partial charge in [0.05, 0.1) is 21.6 Å². The van der Waals surface area contributed by atoms with E-state index < -0.39 is 5.97 Å². The Labute approximate surface area is 95.6 Å². The van der Waals surface area contributed by atoms with Crippen LogP contribution in [-0.4, -0.2) is 15.6 Å². The molecule has 0 amide bonds. The molecule has 0 unspecified atom stereocenters. The smallest absolute Gasteiger partial charge is 0.353 e. The third-order valence-electron chi connectivity index (χ3n) is 2.46. The minimum Gasteiger partial charge on any atom is -0.477 e. The lowest BCUT2D eigenvalue weighted by atomic mass is 10.2. The van der Waals surface area contributed by atoms with Crippen molar-refractivity contribution in [3.8, 4) is 0 Å². The van der Waals surface area contributed by atoms with Gasteiger partial charge in [0.2, 0.25) is 0 Å². The summed E-state index contributed by atoms with van der Waals surface area (Å²) in [6.45, 7) is 0. The zero-order valence-electron chi connectivity index (χ0n) is 8.60. The molecule has 84 valence electrons. The first kappa shape index (κ1) is 10.6. The molecule has 5 N–H and O–H groups in total. The maximum Gasteiger partial charge on any atom is 0.353 e. The molecule has 2 rings (SSSR count). The van der Waals surface area contributed by atoms with Gasteiger partial charge in [-0.3, -0.25) is 0 Å². The Hall–Kier alpha value is -1.95. The second-order valence-corrected chi connectivity index (χ2v) is 4.34. The quantitative estimate of drug-likeness (QED) is 0.677. The first-order valence-corrected chi connectivity index (χ1v) is 5.42. The molecular formula is C10H11N3O2S. The van der Waals surface area contributed by atoms with Crippen LogP contribution in [0.3, 0.4) is 0 Å². The zero-order chi connectivity index (χ0) is 11.9. The fourth-order valence-corrected chi connectivity index (χ4v) is 2.41. The molecule has 2 aromatic rings. The topological polar surface area (TPSA) is 94.3 Å². The Kier molecular flexibility index (Phi) is 2.35. The largest absolute Gasteiger partial charge is 0.477 e. The molecule has 0 bridgehead atoms. The van der Waals surface area contributed by atoms with Gasteiger partial charge in [0.25, 0.3) is 0 Å². The molecule has 0 radical (unpaired) electrons. The predicted molar refractivity (Wildman–Crippen MR) is 63.7 cm³/mol. The fraction of sp³-hybridized carbons (Fsp3) is 0.100. The van der Waals surface area contributed by atoms with E-state index in [0.29, 0.717) is 5.69 Å². The van der Waals surface area contributed by atoms with Crippen molar-refractivity contribution in [1.82, 2.24) is 4.57 Å². The van der Waals surface area contributed by atoms with E-state index in [2.05, 4.69) is 0 Å². The lowest BCUT2D eigenvalue weighted by Crippen LogP contribution is -2.18. The molecule has 0 atom stereocenters. The molecule has 0 saturated carbocycles. The van der Waals surface area contributed by atoms with Crippen LogP contribution in [0.1, 0.15) is 5.69 Å². The van der Waals surface area contributed by atoms with E-state index in [1.54, 1.807) is 11.3 Å². The second kappa shape index (κ2) is 3.57. The Morgan fingerprint density at radius 3 is 2.75 bits per heavy atom. The minimum atomic E-state index is -1.21. The maximum atomic E-state index is 10.7. The van der Waals surface area contributed by atoms with Gasteiger partial charge < -0.3 is 21.1 Å². The Morgan fingerprint density at radius 1 is 1.50 bits per heavy atom. The molecule has 0 spiro atoms. The van der Waals surface area contributed by atoms with Crippen molar-refractivity contribution in [2.45, 2.75) is 0 Å². The predicted octanol–water partition coefficient (Wildman–Crippen LogP) is 0.910. The highest BCUT2D eigenvalue weighted by atomic mass is 32.1. The van der Waals surface area contributed by atoms with Crippen molar-refractivity contribution < 1.29 is 9.90 Å². The Balaban J connectivity index is 2.64. The van der Waals surface area contributed by atoms with Crippen LogP contribution >= 0.6 is 11.3 Å². The van der Waals surface area contributed by atoms with Gasteiger partial charge in [-0.05, 0) is 17.5 Å². The zero-order valence-corrected chi connectivity index (χ0v) is 9.41. The molecular weight excluding hydrogens is 226 g/mol. The highest BCUT2D eigenvalue weighted by Crippen LogP contribution is 2.26. The number of aliphatic carboxylic acids is 1. The van der Waals surface area contributed by atoms with E-state index in [-0.39, 0.29) is 11.4 Å². The number of fused-ring (bicyclic) bond motifs is 1. The molecule has 16 heavy (non-hydrogen) atoms. The van der Waals surface area contributed by atoms with Gasteiger partial charge in [-0.1, -0.05) is 0 Å². The summed E-state index contributed by atoms with van der Waals surface area (Å²) in [5.74, 6) is -1.21. The Morgan fingerprint density at radius 2 is 2.19 bits per heavy atom. The SMILES string of the molecule is Cn1c(C(N)=C(N)C(=O)O)cc2sccc21. The number of nitrogens with zero attached hydrogens (tertiary/aromatic N) is 1. The van der Waals surface area contributed by atoms with E-state index in [9.17, 15) is 4.79 Å². The van der Waals surface area contributed by atoms with Gasteiger partial charge in [0, 0.05) is 7.05 Å². The molecule has 0 fully saturated rings. The van der Waals surface area contributed by atoms with Crippen LogP contribution in [0.2, 0.25) is 0 Å². The van der Waals surface area contributed by atoms with Crippen molar-refractivity contribution in [1.29, 1.82) is 0 Å². The second-order valence-electron chi connectivity index (χ2n) is 3.39. The van der Waals surface area contributed by atoms with E-state index in [0.717, 1.165) is 10.2 Å². The number of rotatable bonds is 2. The number of hydrogen-bond donors (Lipinski definition) is 3. The van der Waals surface area contributed by atoms with E-state index in [1.165, 1.54) is 0 Å². The van der Waals surface area contributed by atoms with Crippen LogP contribution in [0.5, 0.6) is 0 Å². The van der Waals surface area contributed by atoms with Gasteiger partial charge >= 0.3 is 5.97 Å². The summed E-state index contributed by atoms with van der Waals surface area (Å²) >= 11 is 1.57. The van der Waals surface area contributed by atoms with Crippen molar-refractivity contribution in [2.75, 3.05) is 0 Å². The number of carbonyl (C=O) groups is 1. The van der Waals surface area contributed by atoms with Crippen molar-refractivity contribution >= 4 is 33.2 Å². The lowest BCUT2D eigenvalue weighted by molar-refractivity contribution is -0.132. The van der Waals surface area contributed by atoms with Gasteiger partial charge in [0.15, 0.2) is 0 Å². The van der Waals surface area contributed by atoms with E-state index >= 15 is 0 Å². The molecule has 6 heteroatoms.